The molecule has 0 aromatic heterocycles. The van der Waals surface area contributed by atoms with Crippen molar-refractivity contribution in [1.29, 1.82) is 0 Å². The molecule has 116 valence electrons. The number of rotatable bonds is 4. The van der Waals surface area contributed by atoms with Crippen molar-refractivity contribution >= 4 is 15.7 Å². The summed E-state index contributed by atoms with van der Waals surface area (Å²) in [4.78, 5) is 12.2. The highest BCUT2D eigenvalue weighted by Crippen LogP contribution is 2.25. The van der Waals surface area contributed by atoms with E-state index in [4.69, 9.17) is 0 Å². The Hall–Kier alpha value is -1.70. The monoisotopic (exact) mass is 319 g/mol. The number of carbonyl (C=O) groups excluding carboxylic acids is 1. The van der Waals surface area contributed by atoms with Gasteiger partial charge in [0.15, 0.2) is 9.84 Å². The van der Waals surface area contributed by atoms with Gasteiger partial charge < -0.3 is 10.1 Å². The Labute approximate surface area is 121 Å². The number of hydrogen-bond donors (Lipinski definition) is 1. The zero-order valence-electron chi connectivity index (χ0n) is 11.3. The predicted molar refractivity (Wildman–Crippen MR) is 72.2 cm³/mol. The summed E-state index contributed by atoms with van der Waals surface area (Å²) in [7, 11) is -3.18. The number of alkyl halides is 2. The SMILES string of the molecule is CC1(NC(=O)c2ccccc2OC(F)F)CCS(=O)(=O)C1. The van der Waals surface area contributed by atoms with Gasteiger partial charge in [-0.1, -0.05) is 12.1 Å². The quantitative estimate of drug-likeness (QED) is 0.915. The van der Waals surface area contributed by atoms with E-state index in [1.54, 1.807) is 6.92 Å². The van der Waals surface area contributed by atoms with Crippen molar-refractivity contribution in [2.75, 3.05) is 11.5 Å². The van der Waals surface area contributed by atoms with Crippen LogP contribution in [0.15, 0.2) is 24.3 Å². The molecule has 1 heterocycles. The number of carbonyl (C=O) groups is 1. The third-order valence-corrected chi connectivity index (χ3v) is 5.17. The van der Waals surface area contributed by atoms with Crippen LogP contribution in [0.4, 0.5) is 8.78 Å². The van der Waals surface area contributed by atoms with Gasteiger partial charge in [-0.05, 0) is 25.5 Å². The van der Waals surface area contributed by atoms with Gasteiger partial charge in [-0.3, -0.25) is 4.79 Å². The Kier molecular flexibility index (Phi) is 4.18. The molecule has 21 heavy (non-hydrogen) atoms. The molecule has 2 rings (SSSR count). The van der Waals surface area contributed by atoms with Gasteiger partial charge in [-0.15, -0.1) is 0 Å². The molecule has 0 saturated carbocycles. The second-order valence-corrected chi connectivity index (χ2v) is 7.42. The third kappa shape index (κ3) is 3.90. The molecule has 1 aromatic rings. The molecule has 1 aliphatic heterocycles. The van der Waals surface area contributed by atoms with Crippen LogP contribution < -0.4 is 10.1 Å². The predicted octanol–water partition coefficient (Wildman–Crippen LogP) is 1.60. The van der Waals surface area contributed by atoms with E-state index >= 15 is 0 Å². The molecule has 1 fully saturated rings. The normalized spacial score (nSPS) is 24.0. The first-order valence-electron chi connectivity index (χ1n) is 6.28. The fourth-order valence-electron chi connectivity index (χ4n) is 2.30. The molecular formula is C13H15F2NO4S. The van der Waals surface area contributed by atoms with Crippen LogP contribution >= 0.6 is 0 Å². The van der Waals surface area contributed by atoms with Gasteiger partial charge in [0.2, 0.25) is 0 Å². The number of halogens is 2. The minimum Gasteiger partial charge on any atom is -0.434 e. The number of para-hydroxylation sites is 1. The molecule has 1 N–H and O–H groups in total. The van der Waals surface area contributed by atoms with Crippen LogP contribution in [0.5, 0.6) is 5.75 Å². The van der Waals surface area contributed by atoms with Crippen molar-refractivity contribution in [1.82, 2.24) is 5.32 Å². The van der Waals surface area contributed by atoms with Crippen LogP contribution in [-0.4, -0.2) is 38.0 Å². The summed E-state index contributed by atoms with van der Waals surface area (Å²) in [6, 6.07) is 5.59. The number of amides is 1. The van der Waals surface area contributed by atoms with Gasteiger partial charge in [-0.2, -0.15) is 8.78 Å². The minimum atomic E-state index is -3.18. The Morgan fingerprint density at radius 2 is 2.05 bits per heavy atom. The highest BCUT2D eigenvalue weighted by molar-refractivity contribution is 7.91. The van der Waals surface area contributed by atoms with Crippen LogP contribution in [0.25, 0.3) is 0 Å². The maximum atomic E-state index is 12.3. The van der Waals surface area contributed by atoms with E-state index in [1.165, 1.54) is 24.3 Å². The lowest BCUT2D eigenvalue weighted by Crippen LogP contribution is -2.47. The molecule has 1 unspecified atom stereocenters. The van der Waals surface area contributed by atoms with E-state index < -0.39 is 27.9 Å². The van der Waals surface area contributed by atoms with Crippen molar-refractivity contribution in [3.05, 3.63) is 29.8 Å². The first-order chi connectivity index (χ1) is 9.71. The first-order valence-corrected chi connectivity index (χ1v) is 8.10. The molecule has 1 aliphatic rings. The summed E-state index contributed by atoms with van der Waals surface area (Å²) in [6.45, 7) is -1.42. The third-order valence-electron chi connectivity index (χ3n) is 3.27. The van der Waals surface area contributed by atoms with Crippen LogP contribution in [0, 0.1) is 0 Å². The Morgan fingerprint density at radius 3 is 2.62 bits per heavy atom. The number of benzene rings is 1. The Balaban J connectivity index is 2.18. The summed E-state index contributed by atoms with van der Waals surface area (Å²) in [6.07, 6.45) is 0.291. The fraction of sp³-hybridized carbons (Fsp3) is 0.462. The van der Waals surface area contributed by atoms with Gasteiger partial charge in [0.05, 0.1) is 22.6 Å². The number of ether oxygens (including phenoxy) is 1. The molecule has 0 bridgehead atoms. The molecule has 1 aromatic carbocycles. The maximum Gasteiger partial charge on any atom is 0.387 e. The van der Waals surface area contributed by atoms with Gasteiger partial charge >= 0.3 is 6.61 Å². The summed E-state index contributed by atoms with van der Waals surface area (Å²) in [5.41, 5.74) is -0.947. The molecule has 1 atom stereocenters. The smallest absolute Gasteiger partial charge is 0.387 e. The first kappa shape index (κ1) is 15.7. The van der Waals surface area contributed by atoms with Crippen LogP contribution in [0.1, 0.15) is 23.7 Å². The Bertz CT molecular complexity index is 647. The largest absolute Gasteiger partial charge is 0.434 e. The van der Waals surface area contributed by atoms with Gasteiger partial charge in [0.25, 0.3) is 5.91 Å². The van der Waals surface area contributed by atoms with Crippen LogP contribution in [0.3, 0.4) is 0 Å². The highest BCUT2D eigenvalue weighted by Gasteiger charge is 2.39. The zero-order chi connectivity index (χ0) is 15.7. The topological polar surface area (TPSA) is 72.5 Å². The van der Waals surface area contributed by atoms with Crippen molar-refractivity contribution in [3.8, 4) is 5.75 Å². The van der Waals surface area contributed by atoms with Crippen molar-refractivity contribution < 1.29 is 26.7 Å². The standard InChI is InChI=1S/C13H15F2NO4S/c1-13(6-7-21(18,19)8-13)16-11(17)9-4-2-3-5-10(9)20-12(14)15/h2-5,12H,6-8H2,1H3,(H,16,17). The lowest BCUT2D eigenvalue weighted by atomic mass is 10.0. The second kappa shape index (κ2) is 5.59. The van der Waals surface area contributed by atoms with Gasteiger partial charge in [0, 0.05) is 0 Å². The fourth-order valence-corrected chi connectivity index (χ4v) is 4.40. The average Bonchev–Trinajstić information content (AvgIpc) is 2.63. The number of nitrogens with one attached hydrogen (secondary N) is 1. The van der Waals surface area contributed by atoms with E-state index in [1.807, 2.05) is 0 Å². The minimum absolute atomic E-state index is 0.00103. The molecule has 5 nitrogen and oxygen atoms in total. The van der Waals surface area contributed by atoms with E-state index in [-0.39, 0.29) is 22.8 Å². The molecule has 1 saturated heterocycles. The zero-order valence-corrected chi connectivity index (χ0v) is 12.1. The molecule has 0 aliphatic carbocycles. The summed E-state index contributed by atoms with van der Waals surface area (Å²) in [5.74, 6) is -1.04. The second-order valence-electron chi connectivity index (χ2n) is 5.23. The van der Waals surface area contributed by atoms with E-state index in [0.717, 1.165) is 0 Å². The van der Waals surface area contributed by atoms with Crippen molar-refractivity contribution in [2.24, 2.45) is 0 Å². The van der Waals surface area contributed by atoms with E-state index in [0.29, 0.717) is 6.42 Å². The highest BCUT2D eigenvalue weighted by atomic mass is 32.2. The summed E-state index contributed by atoms with van der Waals surface area (Å²) < 4.78 is 51.9. The molecule has 0 radical (unpaired) electrons. The maximum absolute atomic E-state index is 12.3. The van der Waals surface area contributed by atoms with Gasteiger partial charge in [-0.25, -0.2) is 8.42 Å². The molecule has 1 amide bonds. The molecule has 0 spiro atoms. The number of hydrogen-bond acceptors (Lipinski definition) is 4. The Morgan fingerprint density at radius 1 is 1.38 bits per heavy atom. The lowest BCUT2D eigenvalue weighted by molar-refractivity contribution is -0.0501. The van der Waals surface area contributed by atoms with Crippen LogP contribution in [-0.2, 0) is 9.84 Å². The summed E-state index contributed by atoms with van der Waals surface area (Å²) >= 11 is 0. The number of sulfone groups is 1. The van der Waals surface area contributed by atoms with Crippen LogP contribution in [0.2, 0.25) is 0 Å². The van der Waals surface area contributed by atoms with E-state index in [9.17, 15) is 22.0 Å². The van der Waals surface area contributed by atoms with Gasteiger partial charge in [0.1, 0.15) is 5.75 Å². The van der Waals surface area contributed by atoms with Crippen molar-refractivity contribution in [3.63, 3.8) is 0 Å². The molecule has 8 heteroatoms. The van der Waals surface area contributed by atoms with Crippen molar-refractivity contribution in [2.45, 2.75) is 25.5 Å². The van der Waals surface area contributed by atoms with E-state index in [2.05, 4.69) is 10.1 Å². The molecular weight excluding hydrogens is 304 g/mol. The average molecular weight is 319 g/mol. The summed E-state index contributed by atoms with van der Waals surface area (Å²) in [5, 5.41) is 2.60. The lowest BCUT2D eigenvalue weighted by Gasteiger charge is -2.24.